The van der Waals surface area contributed by atoms with E-state index in [-0.39, 0.29) is 4.90 Å². The molecule has 6 nitrogen and oxygen atoms in total. The number of hydrogen-bond acceptors (Lipinski definition) is 6. The van der Waals surface area contributed by atoms with Crippen LogP contribution in [-0.2, 0) is 9.84 Å². The third-order valence-electron chi connectivity index (χ3n) is 2.62. The molecule has 0 atom stereocenters. The van der Waals surface area contributed by atoms with E-state index in [9.17, 15) is 8.42 Å². The maximum atomic E-state index is 11.5. The van der Waals surface area contributed by atoms with Crippen molar-refractivity contribution in [1.82, 2.24) is 9.97 Å². The Bertz CT molecular complexity index is 745. The van der Waals surface area contributed by atoms with E-state index in [4.69, 9.17) is 4.74 Å². The van der Waals surface area contributed by atoms with Gasteiger partial charge in [0.05, 0.1) is 4.90 Å². The van der Waals surface area contributed by atoms with Crippen molar-refractivity contribution in [2.75, 3.05) is 18.1 Å². The van der Waals surface area contributed by atoms with Gasteiger partial charge in [-0.1, -0.05) is 6.07 Å². The van der Waals surface area contributed by atoms with Crippen LogP contribution in [0.1, 0.15) is 12.6 Å². The molecule has 21 heavy (non-hydrogen) atoms. The molecule has 0 fully saturated rings. The van der Waals surface area contributed by atoms with Gasteiger partial charge in [0.15, 0.2) is 9.84 Å². The number of ether oxygens (including phenoxy) is 1. The van der Waals surface area contributed by atoms with Gasteiger partial charge >= 0.3 is 0 Å². The molecule has 2 rings (SSSR count). The van der Waals surface area contributed by atoms with Crippen LogP contribution in [0.4, 0.5) is 5.95 Å². The lowest BCUT2D eigenvalue weighted by Crippen LogP contribution is -2.04. The molecule has 0 aliphatic heterocycles. The maximum absolute atomic E-state index is 11.5. The number of hydrogen-bond donors (Lipinski definition) is 1. The van der Waals surface area contributed by atoms with Gasteiger partial charge in [-0.2, -0.15) is 4.98 Å². The van der Waals surface area contributed by atoms with Crippen LogP contribution in [0.3, 0.4) is 0 Å². The second kappa shape index (κ2) is 6.09. The molecule has 0 bridgehead atoms. The molecule has 112 valence electrons. The molecule has 7 heteroatoms. The fourth-order valence-corrected chi connectivity index (χ4v) is 2.37. The molecule has 1 aromatic heterocycles. The van der Waals surface area contributed by atoms with E-state index >= 15 is 0 Å². The quantitative estimate of drug-likeness (QED) is 0.913. The number of benzene rings is 1. The Morgan fingerprint density at radius 1 is 1.24 bits per heavy atom. The zero-order chi connectivity index (χ0) is 15.5. The SMILES string of the molecule is CCNc1nc(C)cc(Oc2cccc(S(C)(=O)=O)c2)n1. The lowest BCUT2D eigenvalue weighted by molar-refractivity contribution is 0.460. The minimum atomic E-state index is -3.27. The molecule has 0 aliphatic rings. The van der Waals surface area contributed by atoms with Crippen molar-refractivity contribution in [3.63, 3.8) is 0 Å². The fraction of sp³-hybridized carbons (Fsp3) is 0.286. The minimum Gasteiger partial charge on any atom is -0.439 e. The molecular formula is C14H17N3O3S. The summed E-state index contributed by atoms with van der Waals surface area (Å²) >= 11 is 0. The normalized spacial score (nSPS) is 11.2. The van der Waals surface area contributed by atoms with E-state index in [1.807, 2.05) is 13.8 Å². The molecule has 0 radical (unpaired) electrons. The standard InChI is InChI=1S/C14H17N3O3S/c1-4-15-14-16-10(2)8-13(17-14)20-11-6-5-7-12(9-11)21(3,18)19/h5-9H,4H2,1-3H3,(H,15,16,17). The summed E-state index contributed by atoms with van der Waals surface area (Å²) < 4.78 is 28.7. The Hall–Kier alpha value is -2.15. The predicted octanol–water partition coefficient (Wildman–Crippen LogP) is 2.41. The number of aromatic nitrogens is 2. The number of sulfone groups is 1. The lowest BCUT2D eigenvalue weighted by Gasteiger charge is -2.09. The van der Waals surface area contributed by atoms with Crippen LogP contribution >= 0.6 is 0 Å². The van der Waals surface area contributed by atoms with Gasteiger partial charge in [0, 0.05) is 24.6 Å². The zero-order valence-electron chi connectivity index (χ0n) is 12.1. The number of nitrogens with zero attached hydrogens (tertiary/aromatic N) is 2. The molecular weight excluding hydrogens is 290 g/mol. The summed E-state index contributed by atoms with van der Waals surface area (Å²) in [6, 6.07) is 8.00. The van der Waals surface area contributed by atoms with Gasteiger partial charge in [-0.25, -0.2) is 13.4 Å². The first-order valence-electron chi connectivity index (χ1n) is 6.46. The van der Waals surface area contributed by atoms with E-state index < -0.39 is 9.84 Å². The van der Waals surface area contributed by atoms with Crippen molar-refractivity contribution in [2.45, 2.75) is 18.7 Å². The van der Waals surface area contributed by atoms with Gasteiger partial charge < -0.3 is 10.1 Å². The summed E-state index contributed by atoms with van der Waals surface area (Å²) in [4.78, 5) is 8.65. The highest BCUT2D eigenvalue weighted by Gasteiger charge is 2.09. The highest BCUT2D eigenvalue weighted by Crippen LogP contribution is 2.23. The van der Waals surface area contributed by atoms with Gasteiger partial charge in [0.2, 0.25) is 11.8 Å². The first-order valence-corrected chi connectivity index (χ1v) is 8.35. The third kappa shape index (κ3) is 4.16. The van der Waals surface area contributed by atoms with Gasteiger partial charge in [0.1, 0.15) is 5.75 Å². The van der Waals surface area contributed by atoms with Crippen molar-refractivity contribution < 1.29 is 13.2 Å². The third-order valence-corrected chi connectivity index (χ3v) is 3.73. The smallest absolute Gasteiger partial charge is 0.226 e. The van der Waals surface area contributed by atoms with E-state index in [0.29, 0.717) is 24.1 Å². The van der Waals surface area contributed by atoms with Gasteiger partial charge in [-0.3, -0.25) is 0 Å². The second-order valence-electron chi connectivity index (χ2n) is 4.55. The fourth-order valence-electron chi connectivity index (χ4n) is 1.72. The Morgan fingerprint density at radius 2 is 2.00 bits per heavy atom. The maximum Gasteiger partial charge on any atom is 0.226 e. The number of anilines is 1. The summed E-state index contributed by atoms with van der Waals surface area (Å²) in [5.41, 5.74) is 0.759. The topological polar surface area (TPSA) is 81.2 Å². The largest absolute Gasteiger partial charge is 0.439 e. The monoisotopic (exact) mass is 307 g/mol. The first-order chi connectivity index (χ1) is 9.88. The van der Waals surface area contributed by atoms with Crippen LogP contribution in [0.5, 0.6) is 11.6 Å². The Balaban J connectivity index is 2.30. The van der Waals surface area contributed by atoms with Crippen molar-refractivity contribution in [3.8, 4) is 11.6 Å². The van der Waals surface area contributed by atoms with Gasteiger partial charge in [-0.15, -0.1) is 0 Å². The average molecular weight is 307 g/mol. The van der Waals surface area contributed by atoms with E-state index in [1.54, 1.807) is 18.2 Å². The molecule has 0 amide bonds. The summed E-state index contributed by atoms with van der Waals surface area (Å²) in [5.74, 6) is 1.26. The van der Waals surface area contributed by atoms with Crippen LogP contribution in [0, 0.1) is 6.92 Å². The highest BCUT2D eigenvalue weighted by atomic mass is 32.2. The predicted molar refractivity (Wildman–Crippen MR) is 80.6 cm³/mol. The molecule has 2 aromatic rings. The molecule has 0 aliphatic carbocycles. The minimum absolute atomic E-state index is 0.206. The van der Waals surface area contributed by atoms with Crippen molar-refractivity contribution in [2.24, 2.45) is 0 Å². The van der Waals surface area contributed by atoms with Gasteiger partial charge in [0.25, 0.3) is 0 Å². The van der Waals surface area contributed by atoms with E-state index in [0.717, 1.165) is 11.9 Å². The summed E-state index contributed by atoms with van der Waals surface area (Å²) in [6.07, 6.45) is 1.16. The van der Waals surface area contributed by atoms with E-state index in [2.05, 4.69) is 15.3 Å². The lowest BCUT2D eigenvalue weighted by atomic mass is 10.3. The van der Waals surface area contributed by atoms with Crippen molar-refractivity contribution >= 4 is 15.8 Å². The number of rotatable bonds is 5. The first kappa shape index (κ1) is 15.2. The van der Waals surface area contributed by atoms with Gasteiger partial charge in [-0.05, 0) is 32.0 Å². The molecule has 0 spiro atoms. The Labute approximate surface area is 124 Å². The molecule has 0 unspecified atom stereocenters. The van der Waals surface area contributed by atoms with Crippen LogP contribution < -0.4 is 10.1 Å². The molecule has 1 heterocycles. The average Bonchev–Trinajstić information content (AvgIpc) is 2.37. The number of aryl methyl sites for hydroxylation is 1. The van der Waals surface area contributed by atoms with Crippen LogP contribution in [0.15, 0.2) is 35.2 Å². The summed E-state index contributed by atoms with van der Waals surface area (Å²) in [5, 5.41) is 3.01. The van der Waals surface area contributed by atoms with Crippen LogP contribution in [0.25, 0.3) is 0 Å². The highest BCUT2D eigenvalue weighted by molar-refractivity contribution is 7.90. The number of nitrogens with one attached hydrogen (secondary N) is 1. The van der Waals surface area contributed by atoms with Crippen molar-refractivity contribution in [1.29, 1.82) is 0 Å². The van der Waals surface area contributed by atoms with Crippen LogP contribution in [-0.4, -0.2) is 31.2 Å². The summed E-state index contributed by atoms with van der Waals surface area (Å²) in [7, 11) is -3.27. The zero-order valence-corrected chi connectivity index (χ0v) is 12.9. The Morgan fingerprint density at radius 3 is 2.67 bits per heavy atom. The molecule has 0 saturated carbocycles. The second-order valence-corrected chi connectivity index (χ2v) is 6.57. The molecule has 0 saturated heterocycles. The van der Waals surface area contributed by atoms with E-state index in [1.165, 1.54) is 12.1 Å². The molecule has 1 aromatic carbocycles. The van der Waals surface area contributed by atoms with Crippen LogP contribution in [0.2, 0.25) is 0 Å². The summed E-state index contributed by atoms with van der Waals surface area (Å²) in [6.45, 7) is 4.48. The van der Waals surface area contributed by atoms with Crippen molar-refractivity contribution in [3.05, 3.63) is 36.0 Å². The molecule has 1 N–H and O–H groups in total. The Kier molecular flexibility index (Phi) is 4.42.